The van der Waals surface area contributed by atoms with Crippen molar-refractivity contribution in [3.05, 3.63) is 29.6 Å². The van der Waals surface area contributed by atoms with Crippen LogP contribution in [0, 0.1) is 12.8 Å². The van der Waals surface area contributed by atoms with E-state index in [1.54, 1.807) is 0 Å². The Labute approximate surface area is 114 Å². The number of hydrogen-bond donors (Lipinski definition) is 1. The van der Waals surface area contributed by atoms with Gasteiger partial charge in [0.2, 0.25) is 0 Å². The highest BCUT2D eigenvalue weighted by Crippen LogP contribution is 2.37. The van der Waals surface area contributed by atoms with Crippen molar-refractivity contribution in [3.8, 4) is 0 Å². The summed E-state index contributed by atoms with van der Waals surface area (Å²) in [7, 11) is 2.09. The van der Waals surface area contributed by atoms with Gasteiger partial charge in [0.15, 0.2) is 0 Å². The van der Waals surface area contributed by atoms with Crippen LogP contribution in [0.25, 0.3) is 11.0 Å². The van der Waals surface area contributed by atoms with E-state index in [0.29, 0.717) is 0 Å². The Morgan fingerprint density at radius 1 is 1.32 bits per heavy atom. The van der Waals surface area contributed by atoms with Crippen LogP contribution >= 0.6 is 0 Å². The average molecular weight is 257 g/mol. The highest BCUT2D eigenvalue weighted by Gasteiger charge is 2.35. The molecule has 1 aliphatic carbocycles. The molecule has 0 radical (unpaired) electrons. The van der Waals surface area contributed by atoms with Crippen LogP contribution in [0.2, 0.25) is 0 Å². The summed E-state index contributed by atoms with van der Waals surface area (Å²) in [5.74, 6) is 1.86. The maximum absolute atomic E-state index is 6.66. The van der Waals surface area contributed by atoms with E-state index in [1.807, 2.05) is 0 Å². The molecule has 1 aromatic heterocycles. The molecule has 1 aromatic carbocycles. The van der Waals surface area contributed by atoms with Crippen LogP contribution in [0.4, 0.5) is 0 Å². The number of imidazole rings is 1. The van der Waals surface area contributed by atoms with Crippen molar-refractivity contribution in [2.75, 3.05) is 0 Å². The lowest BCUT2D eigenvalue weighted by Crippen LogP contribution is -2.42. The predicted octanol–water partition coefficient (Wildman–Crippen LogP) is 3.25. The van der Waals surface area contributed by atoms with E-state index in [4.69, 9.17) is 10.7 Å². The molecule has 1 saturated carbocycles. The van der Waals surface area contributed by atoms with Crippen LogP contribution in [0.5, 0.6) is 0 Å². The lowest BCUT2D eigenvalue weighted by Gasteiger charge is -2.35. The molecule has 2 N–H and O–H groups in total. The fourth-order valence-electron chi connectivity index (χ4n) is 3.26. The third-order valence-electron chi connectivity index (χ3n) is 4.65. The van der Waals surface area contributed by atoms with Gasteiger partial charge in [-0.15, -0.1) is 0 Å². The molecule has 0 bridgehead atoms. The van der Waals surface area contributed by atoms with Crippen LogP contribution in [-0.4, -0.2) is 9.55 Å². The van der Waals surface area contributed by atoms with Crippen molar-refractivity contribution in [2.45, 2.75) is 45.1 Å². The summed E-state index contributed by atoms with van der Waals surface area (Å²) in [6.07, 6.45) is 4.51. The molecular formula is C16H23N3. The molecule has 19 heavy (non-hydrogen) atoms. The third kappa shape index (κ3) is 2.06. The van der Waals surface area contributed by atoms with Crippen LogP contribution in [0.3, 0.4) is 0 Å². The Balaban J connectivity index is 2.07. The smallest absolute Gasteiger partial charge is 0.129 e. The maximum atomic E-state index is 6.66. The van der Waals surface area contributed by atoms with Gasteiger partial charge >= 0.3 is 0 Å². The Bertz CT molecular complexity index is 604. The zero-order valence-corrected chi connectivity index (χ0v) is 12.1. The van der Waals surface area contributed by atoms with Crippen LogP contribution in [0.1, 0.15) is 44.0 Å². The lowest BCUT2D eigenvalue weighted by atomic mass is 9.77. The van der Waals surface area contributed by atoms with E-state index in [-0.39, 0.29) is 5.54 Å². The molecule has 1 fully saturated rings. The highest BCUT2D eigenvalue weighted by molar-refractivity contribution is 5.77. The minimum absolute atomic E-state index is 0.242. The van der Waals surface area contributed by atoms with Crippen LogP contribution in [0.15, 0.2) is 18.2 Å². The molecule has 0 aliphatic heterocycles. The highest BCUT2D eigenvalue weighted by atomic mass is 15.1. The zero-order chi connectivity index (χ0) is 13.6. The molecule has 102 valence electrons. The molecular weight excluding hydrogens is 234 g/mol. The van der Waals surface area contributed by atoms with E-state index in [0.717, 1.165) is 30.1 Å². The molecule has 1 aliphatic rings. The van der Waals surface area contributed by atoms with Crippen molar-refractivity contribution >= 4 is 11.0 Å². The summed E-state index contributed by atoms with van der Waals surface area (Å²) < 4.78 is 2.19. The van der Waals surface area contributed by atoms with Gasteiger partial charge in [-0.1, -0.05) is 13.0 Å². The molecule has 3 nitrogen and oxygen atoms in total. The third-order valence-corrected chi connectivity index (χ3v) is 4.65. The molecule has 0 atom stereocenters. The second-order valence-electron chi connectivity index (χ2n) is 6.33. The van der Waals surface area contributed by atoms with Gasteiger partial charge in [-0.3, -0.25) is 0 Å². The molecule has 0 saturated heterocycles. The van der Waals surface area contributed by atoms with Gasteiger partial charge in [0.05, 0.1) is 16.6 Å². The first-order chi connectivity index (χ1) is 8.99. The number of benzene rings is 1. The van der Waals surface area contributed by atoms with E-state index in [2.05, 4.69) is 43.7 Å². The SMILES string of the molecule is Cc1ccc2c(c1)nc(C1(N)CCC(C)CC1)n2C. The summed E-state index contributed by atoms with van der Waals surface area (Å²) in [4.78, 5) is 4.83. The summed E-state index contributed by atoms with van der Waals surface area (Å²) in [5, 5.41) is 0. The van der Waals surface area contributed by atoms with E-state index in [9.17, 15) is 0 Å². The molecule has 0 unspecified atom stereocenters. The number of fused-ring (bicyclic) bond motifs is 1. The first-order valence-electron chi connectivity index (χ1n) is 7.22. The summed E-state index contributed by atoms with van der Waals surface area (Å²) in [6.45, 7) is 4.42. The summed E-state index contributed by atoms with van der Waals surface area (Å²) >= 11 is 0. The quantitative estimate of drug-likeness (QED) is 0.852. The molecule has 1 heterocycles. The molecule has 2 aromatic rings. The maximum Gasteiger partial charge on any atom is 0.129 e. The van der Waals surface area contributed by atoms with Gasteiger partial charge < -0.3 is 10.3 Å². The zero-order valence-electron chi connectivity index (χ0n) is 12.1. The fraction of sp³-hybridized carbons (Fsp3) is 0.562. The number of nitrogens with zero attached hydrogens (tertiary/aromatic N) is 2. The van der Waals surface area contributed by atoms with E-state index in [1.165, 1.54) is 23.9 Å². The van der Waals surface area contributed by atoms with Crippen molar-refractivity contribution in [1.82, 2.24) is 9.55 Å². The van der Waals surface area contributed by atoms with Crippen molar-refractivity contribution in [1.29, 1.82) is 0 Å². The Kier molecular flexibility index (Phi) is 2.90. The monoisotopic (exact) mass is 257 g/mol. The van der Waals surface area contributed by atoms with Gasteiger partial charge in [0.25, 0.3) is 0 Å². The number of nitrogens with two attached hydrogens (primary N) is 1. The number of aromatic nitrogens is 2. The van der Waals surface area contributed by atoms with E-state index < -0.39 is 0 Å². The lowest BCUT2D eigenvalue weighted by molar-refractivity contribution is 0.233. The van der Waals surface area contributed by atoms with Crippen molar-refractivity contribution < 1.29 is 0 Å². The minimum atomic E-state index is -0.242. The summed E-state index contributed by atoms with van der Waals surface area (Å²) in [6, 6.07) is 6.43. The molecule has 0 amide bonds. The normalized spacial score (nSPS) is 27.9. The second kappa shape index (κ2) is 4.34. The van der Waals surface area contributed by atoms with Crippen molar-refractivity contribution in [2.24, 2.45) is 18.7 Å². The molecule has 0 spiro atoms. The number of aryl methyl sites for hydroxylation is 2. The van der Waals surface area contributed by atoms with Gasteiger partial charge in [-0.25, -0.2) is 4.98 Å². The standard InChI is InChI=1S/C16H23N3/c1-11-6-8-16(17,9-7-11)15-18-13-10-12(2)4-5-14(13)19(15)3/h4-5,10-11H,6-9,17H2,1-3H3. The van der Waals surface area contributed by atoms with E-state index >= 15 is 0 Å². The van der Waals surface area contributed by atoms with Gasteiger partial charge in [0.1, 0.15) is 5.82 Å². The first-order valence-corrected chi connectivity index (χ1v) is 7.22. The van der Waals surface area contributed by atoms with Gasteiger partial charge in [-0.05, 0) is 56.2 Å². The van der Waals surface area contributed by atoms with Crippen LogP contribution in [-0.2, 0) is 12.6 Å². The number of rotatable bonds is 1. The predicted molar refractivity (Wildman–Crippen MR) is 78.9 cm³/mol. The Morgan fingerprint density at radius 2 is 2.00 bits per heavy atom. The minimum Gasteiger partial charge on any atom is -0.330 e. The van der Waals surface area contributed by atoms with Crippen molar-refractivity contribution in [3.63, 3.8) is 0 Å². The van der Waals surface area contributed by atoms with Crippen LogP contribution < -0.4 is 5.73 Å². The molecule has 3 rings (SSSR count). The fourth-order valence-corrected chi connectivity index (χ4v) is 3.26. The topological polar surface area (TPSA) is 43.8 Å². The average Bonchev–Trinajstić information content (AvgIpc) is 2.71. The number of hydrogen-bond acceptors (Lipinski definition) is 2. The van der Waals surface area contributed by atoms with Gasteiger partial charge in [-0.2, -0.15) is 0 Å². The largest absolute Gasteiger partial charge is 0.330 e. The first kappa shape index (κ1) is 12.7. The second-order valence-corrected chi connectivity index (χ2v) is 6.33. The van der Waals surface area contributed by atoms with Gasteiger partial charge in [0, 0.05) is 7.05 Å². The Hall–Kier alpha value is -1.35. The summed E-state index contributed by atoms with van der Waals surface area (Å²) in [5.41, 5.74) is 9.93. The molecule has 3 heteroatoms. The Morgan fingerprint density at radius 3 is 2.68 bits per heavy atom.